The number of rotatable bonds is 3. The third-order valence-electron chi connectivity index (χ3n) is 3.77. The largest absolute Gasteiger partial charge is 0.391 e. The molecular formula is C14H18N4O2. The summed E-state index contributed by atoms with van der Waals surface area (Å²) in [6, 6.07) is 3.83. The molecule has 1 aromatic heterocycles. The highest BCUT2D eigenvalue weighted by Gasteiger charge is 2.25. The Kier molecular flexibility index (Phi) is 3.42. The zero-order valence-corrected chi connectivity index (χ0v) is 11.3. The van der Waals surface area contributed by atoms with Gasteiger partial charge in [0.25, 0.3) is 5.91 Å². The quantitative estimate of drug-likeness (QED) is 0.643. The molecule has 1 aliphatic rings. The van der Waals surface area contributed by atoms with E-state index in [4.69, 9.17) is 0 Å². The molecular weight excluding hydrogens is 256 g/mol. The molecule has 0 radical (unpaired) electrons. The molecule has 1 fully saturated rings. The van der Waals surface area contributed by atoms with E-state index in [0.29, 0.717) is 18.7 Å². The average molecular weight is 274 g/mol. The summed E-state index contributed by atoms with van der Waals surface area (Å²) in [7, 11) is 0. The fraction of sp³-hybridized carbons (Fsp3) is 0.429. The predicted octanol–water partition coefficient (Wildman–Crippen LogP) is 0.181. The Morgan fingerprint density at radius 1 is 1.50 bits per heavy atom. The first-order valence-electron chi connectivity index (χ1n) is 6.76. The number of aliphatic hydroxyl groups excluding tert-OH is 1. The van der Waals surface area contributed by atoms with Crippen molar-refractivity contribution in [3.05, 3.63) is 29.5 Å². The summed E-state index contributed by atoms with van der Waals surface area (Å²) in [6.07, 6.45) is 1.32. The van der Waals surface area contributed by atoms with Gasteiger partial charge >= 0.3 is 0 Å². The van der Waals surface area contributed by atoms with Gasteiger partial charge in [0.1, 0.15) is 0 Å². The van der Waals surface area contributed by atoms with Crippen LogP contribution in [0.15, 0.2) is 18.3 Å². The van der Waals surface area contributed by atoms with Gasteiger partial charge in [-0.05, 0) is 24.6 Å². The molecule has 3 rings (SSSR count). The molecule has 2 atom stereocenters. The summed E-state index contributed by atoms with van der Waals surface area (Å²) >= 11 is 0. The minimum atomic E-state index is -0.389. The molecule has 1 saturated heterocycles. The van der Waals surface area contributed by atoms with Crippen LogP contribution in [0.4, 0.5) is 0 Å². The number of carbonyl (C=O) groups excluding carboxylic acids is 1. The van der Waals surface area contributed by atoms with Gasteiger partial charge in [-0.2, -0.15) is 5.10 Å². The van der Waals surface area contributed by atoms with Gasteiger partial charge in [0.15, 0.2) is 0 Å². The number of amides is 1. The highest BCUT2D eigenvalue weighted by Crippen LogP contribution is 2.18. The fourth-order valence-electron chi connectivity index (χ4n) is 2.63. The van der Waals surface area contributed by atoms with Crippen molar-refractivity contribution in [1.29, 1.82) is 0 Å². The predicted molar refractivity (Wildman–Crippen MR) is 75.5 cm³/mol. The number of aromatic nitrogens is 2. The van der Waals surface area contributed by atoms with Crippen LogP contribution in [0.5, 0.6) is 0 Å². The lowest BCUT2D eigenvalue weighted by atomic mass is 10.0. The lowest BCUT2D eigenvalue weighted by Crippen LogP contribution is -2.34. The maximum Gasteiger partial charge on any atom is 0.253 e. The smallest absolute Gasteiger partial charge is 0.253 e. The van der Waals surface area contributed by atoms with Crippen LogP contribution in [0.3, 0.4) is 0 Å². The zero-order chi connectivity index (χ0) is 14.1. The molecule has 0 bridgehead atoms. The Morgan fingerprint density at radius 3 is 3.10 bits per heavy atom. The van der Waals surface area contributed by atoms with Gasteiger partial charge < -0.3 is 15.7 Å². The van der Waals surface area contributed by atoms with Gasteiger partial charge in [0, 0.05) is 30.9 Å². The molecule has 20 heavy (non-hydrogen) atoms. The first-order chi connectivity index (χ1) is 9.65. The minimum Gasteiger partial charge on any atom is -0.391 e. The van der Waals surface area contributed by atoms with Gasteiger partial charge in [-0.1, -0.05) is 0 Å². The van der Waals surface area contributed by atoms with E-state index in [0.717, 1.165) is 23.0 Å². The number of β-amino-alcohol motifs (C(OH)–C–C–N with tert-alkyl or cyclic N) is 1. The van der Waals surface area contributed by atoms with E-state index in [1.165, 1.54) is 0 Å². The van der Waals surface area contributed by atoms with Gasteiger partial charge in [0.05, 0.1) is 23.4 Å². The van der Waals surface area contributed by atoms with E-state index in [1.54, 1.807) is 6.20 Å². The number of aliphatic hydroxyl groups is 1. The average Bonchev–Trinajstić information content (AvgIpc) is 3.03. The Balaban J connectivity index is 1.77. The van der Waals surface area contributed by atoms with E-state index in [1.807, 2.05) is 19.1 Å². The van der Waals surface area contributed by atoms with Crippen molar-refractivity contribution in [3.8, 4) is 0 Å². The summed E-state index contributed by atoms with van der Waals surface area (Å²) in [5.41, 5.74) is 2.36. The second-order valence-corrected chi connectivity index (χ2v) is 5.34. The molecule has 1 amide bonds. The number of hydrogen-bond acceptors (Lipinski definition) is 4. The number of aryl methyl sites for hydroxylation is 1. The van der Waals surface area contributed by atoms with Crippen molar-refractivity contribution in [2.75, 3.05) is 19.6 Å². The molecule has 2 aromatic rings. The Morgan fingerprint density at radius 2 is 2.35 bits per heavy atom. The third kappa shape index (κ3) is 2.39. The number of H-pyrrole nitrogens is 1. The molecule has 2 heterocycles. The van der Waals surface area contributed by atoms with Crippen LogP contribution in [0.25, 0.3) is 10.9 Å². The van der Waals surface area contributed by atoms with E-state index in [9.17, 15) is 9.90 Å². The first kappa shape index (κ1) is 13.1. The van der Waals surface area contributed by atoms with E-state index >= 15 is 0 Å². The second-order valence-electron chi connectivity index (χ2n) is 5.34. The van der Waals surface area contributed by atoms with Crippen LogP contribution in [0.1, 0.15) is 15.9 Å². The van der Waals surface area contributed by atoms with E-state index in [2.05, 4.69) is 20.8 Å². The number of hydrogen-bond donors (Lipinski definition) is 4. The number of benzene rings is 1. The molecule has 0 saturated carbocycles. The second kappa shape index (κ2) is 5.22. The van der Waals surface area contributed by atoms with Crippen molar-refractivity contribution < 1.29 is 9.90 Å². The molecule has 1 aromatic carbocycles. The van der Waals surface area contributed by atoms with Crippen LogP contribution < -0.4 is 10.6 Å². The molecule has 1 aliphatic heterocycles. The first-order valence-corrected chi connectivity index (χ1v) is 6.76. The van der Waals surface area contributed by atoms with Gasteiger partial charge in [-0.25, -0.2) is 0 Å². The Bertz CT molecular complexity index is 637. The van der Waals surface area contributed by atoms with E-state index < -0.39 is 0 Å². The lowest BCUT2D eigenvalue weighted by Gasteiger charge is -2.14. The summed E-state index contributed by atoms with van der Waals surface area (Å²) in [4.78, 5) is 12.3. The summed E-state index contributed by atoms with van der Waals surface area (Å²) in [6.45, 7) is 3.74. The monoisotopic (exact) mass is 274 g/mol. The summed E-state index contributed by atoms with van der Waals surface area (Å²) in [5.74, 6) is -0.0666. The minimum absolute atomic E-state index is 0.0704. The van der Waals surface area contributed by atoms with Crippen molar-refractivity contribution in [3.63, 3.8) is 0 Å². The number of aromatic amines is 1. The SMILES string of the molecule is Cc1cc(C(=O)NCC2CNCC2O)c2[nH]ncc2c1. The Hall–Kier alpha value is -1.92. The van der Waals surface area contributed by atoms with Crippen LogP contribution in [-0.4, -0.2) is 46.9 Å². The van der Waals surface area contributed by atoms with Gasteiger partial charge in [-0.3, -0.25) is 9.89 Å². The number of nitrogens with zero attached hydrogens (tertiary/aromatic N) is 1. The number of carbonyl (C=O) groups is 1. The fourth-order valence-corrected chi connectivity index (χ4v) is 2.63. The molecule has 0 spiro atoms. The number of nitrogens with one attached hydrogen (secondary N) is 3. The molecule has 2 unspecified atom stereocenters. The lowest BCUT2D eigenvalue weighted by molar-refractivity contribution is 0.0928. The van der Waals surface area contributed by atoms with Gasteiger partial charge in [0.2, 0.25) is 0 Å². The van der Waals surface area contributed by atoms with Crippen molar-refractivity contribution >= 4 is 16.8 Å². The topological polar surface area (TPSA) is 90.0 Å². The maximum absolute atomic E-state index is 12.3. The van der Waals surface area contributed by atoms with Crippen LogP contribution in [-0.2, 0) is 0 Å². The normalized spacial score (nSPS) is 22.3. The van der Waals surface area contributed by atoms with Crippen LogP contribution in [0, 0.1) is 12.8 Å². The van der Waals surface area contributed by atoms with E-state index in [-0.39, 0.29) is 17.9 Å². The molecule has 106 valence electrons. The zero-order valence-electron chi connectivity index (χ0n) is 11.3. The highest BCUT2D eigenvalue weighted by molar-refractivity contribution is 6.05. The highest BCUT2D eigenvalue weighted by atomic mass is 16.3. The van der Waals surface area contributed by atoms with Crippen LogP contribution in [0.2, 0.25) is 0 Å². The standard InChI is InChI=1S/C14H18N4O2/c1-8-2-9-6-17-18-13(9)11(3-8)14(20)16-5-10-4-15-7-12(10)19/h2-3,6,10,12,15,19H,4-5,7H2,1H3,(H,16,20)(H,17,18). The van der Waals surface area contributed by atoms with Gasteiger partial charge in [-0.15, -0.1) is 0 Å². The van der Waals surface area contributed by atoms with Crippen LogP contribution >= 0.6 is 0 Å². The van der Waals surface area contributed by atoms with Crippen molar-refractivity contribution in [2.45, 2.75) is 13.0 Å². The molecule has 6 nitrogen and oxygen atoms in total. The molecule has 4 N–H and O–H groups in total. The van der Waals surface area contributed by atoms with Crippen molar-refractivity contribution in [2.24, 2.45) is 5.92 Å². The van der Waals surface area contributed by atoms with Crippen molar-refractivity contribution in [1.82, 2.24) is 20.8 Å². The Labute approximate surface area is 116 Å². The molecule has 0 aliphatic carbocycles. The third-order valence-corrected chi connectivity index (χ3v) is 3.77. The number of fused-ring (bicyclic) bond motifs is 1. The summed E-state index contributed by atoms with van der Waals surface area (Å²) < 4.78 is 0. The summed E-state index contributed by atoms with van der Waals surface area (Å²) in [5, 5.41) is 23.5. The molecule has 6 heteroatoms. The maximum atomic E-state index is 12.3.